The number of rotatable bonds is 7. The van der Waals surface area contributed by atoms with Crippen molar-refractivity contribution in [3.05, 3.63) is 101 Å². The lowest BCUT2D eigenvalue weighted by Crippen LogP contribution is -2.57. The zero-order chi connectivity index (χ0) is 24.8. The van der Waals surface area contributed by atoms with Crippen molar-refractivity contribution in [2.75, 3.05) is 13.1 Å². The van der Waals surface area contributed by atoms with Gasteiger partial charge in [0.2, 0.25) is 11.8 Å². The Morgan fingerprint density at radius 3 is 2.54 bits per heavy atom. The van der Waals surface area contributed by atoms with Crippen LogP contribution in [0.4, 0.5) is 4.39 Å². The molecule has 35 heavy (non-hydrogen) atoms. The Bertz CT molecular complexity index is 1180. The number of carbonyl (C=O) groups is 2. The van der Waals surface area contributed by atoms with E-state index in [2.05, 4.69) is 5.32 Å². The van der Waals surface area contributed by atoms with Crippen LogP contribution in [0.25, 0.3) is 0 Å². The van der Waals surface area contributed by atoms with Crippen LogP contribution >= 0.6 is 0 Å². The largest absolute Gasteiger partial charge is 0.342 e. The molecule has 182 valence electrons. The molecule has 3 aromatic rings. The molecule has 0 radical (unpaired) electrons. The van der Waals surface area contributed by atoms with Crippen LogP contribution in [0.5, 0.6) is 0 Å². The van der Waals surface area contributed by atoms with E-state index >= 15 is 0 Å². The summed E-state index contributed by atoms with van der Waals surface area (Å²) in [7, 11) is 0. The Morgan fingerprint density at radius 2 is 1.77 bits per heavy atom. The number of halogens is 1. The van der Waals surface area contributed by atoms with E-state index in [0.29, 0.717) is 25.1 Å². The number of aromatic nitrogens is 1. The van der Waals surface area contributed by atoms with E-state index in [-0.39, 0.29) is 30.0 Å². The summed E-state index contributed by atoms with van der Waals surface area (Å²) in [5, 5.41) is 2.92. The average molecular weight is 474 g/mol. The van der Waals surface area contributed by atoms with Crippen molar-refractivity contribution >= 4 is 11.8 Å². The third kappa shape index (κ3) is 6.32. The molecule has 4 rings (SSSR count). The number of nitrogens with one attached hydrogen (secondary N) is 1. The number of benzene rings is 2. The SMILES string of the molecule is CC(C)(NC(=O)Cc1ccccc1)C(=O)N1CCCC(c2cccc(Cc3ccccc3F)n2)C1. The van der Waals surface area contributed by atoms with Crippen molar-refractivity contribution in [1.82, 2.24) is 15.2 Å². The lowest BCUT2D eigenvalue weighted by molar-refractivity contribution is -0.141. The Balaban J connectivity index is 1.40. The fourth-order valence-corrected chi connectivity index (χ4v) is 4.69. The van der Waals surface area contributed by atoms with Crippen LogP contribution in [0.3, 0.4) is 0 Å². The van der Waals surface area contributed by atoms with Crippen LogP contribution in [0, 0.1) is 5.82 Å². The van der Waals surface area contributed by atoms with E-state index in [4.69, 9.17) is 4.98 Å². The number of piperidine rings is 1. The van der Waals surface area contributed by atoms with Crippen molar-refractivity contribution in [2.45, 2.75) is 51.0 Å². The monoisotopic (exact) mass is 473 g/mol. The predicted molar refractivity (Wildman–Crippen MR) is 134 cm³/mol. The molecule has 1 atom stereocenters. The summed E-state index contributed by atoms with van der Waals surface area (Å²) in [6.07, 6.45) is 2.46. The van der Waals surface area contributed by atoms with Gasteiger partial charge in [-0.15, -0.1) is 0 Å². The van der Waals surface area contributed by atoms with Crippen molar-refractivity contribution in [1.29, 1.82) is 0 Å². The summed E-state index contributed by atoms with van der Waals surface area (Å²) in [4.78, 5) is 32.6. The van der Waals surface area contributed by atoms with Gasteiger partial charge in [-0.25, -0.2) is 4.39 Å². The van der Waals surface area contributed by atoms with Crippen molar-refractivity contribution in [3.8, 4) is 0 Å². The molecule has 1 aliphatic rings. The number of hydrogen-bond acceptors (Lipinski definition) is 3. The summed E-state index contributed by atoms with van der Waals surface area (Å²) < 4.78 is 14.1. The Labute approximate surface area is 206 Å². The van der Waals surface area contributed by atoms with Gasteiger partial charge in [0, 0.05) is 36.8 Å². The number of pyridine rings is 1. The molecule has 5 nitrogen and oxygen atoms in total. The Kier molecular flexibility index (Phi) is 7.59. The summed E-state index contributed by atoms with van der Waals surface area (Å²) in [6.45, 7) is 4.72. The quantitative estimate of drug-likeness (QED) is 0.543. The number of likely N-dealkylation sites (tertiary alicyclic amines) is 1. The number of carbonyl (C=O) groups excluding carboxylic acids is 2. The molecule has 2 aromatic carbocycles. The lowest BCUT2D eigenvalue weighted by Gasteiger charge is -2.38. The van der Waals surface area contributed by atoms with E-state index in [1.807, 2.05) is 59.5 Å². The molecule has 1 aliphatic heterocycles. The first-order valence-corrected chi connectivity index (χ1v) is 12.2. The maximum absolute atomic E-state index is 14.1. The fourth-order valence-electron chi connectivity index (χ4n) is 4.69. The topological polar surface area (TPSA) is 62.3 Å². The van der Waals surface area contributed by atoms with E-state index in [1.54, 1.807) is 26.0 Å². The van der Waals surface area contributed by atoms with Crippen LogP contribution < -0.4 is 5.32 Å². The van der Waals surface area contributed by atoms with Gasteiger partial charge in [-0.1, -0.05) is 54.6 Å². The molecule has 1 saturated heterocycles. The molecule has 2 heterocycles. The maximum Gasteiger partial charge on any atom is 0.247 e. The molecule has 1 aromatic heterocycles. The highest BCUT2D eigenvalue weighted by atomic mass is 19.1. The number of hydrogen-bond donors (Lipinski definition) is 1. The zero-order valence-corrected chi connectivity index (χ0v) is 20.3. The van der Waals surface area contributed by atoms with Gasteiger partial charge in [0.1, 0.15) is 11.4 Å². The zero-order valence-electron chi connectivity index (χ0n) is 20.3. The van der Waals surface area contributed by atoms with Gasteiger partial charge >= 0.3 is 0 Å². The standard InChI is InChI=1S/C29H32FN3O2/c1-29(2,32-27(34)18-21-10-4-3-5-11-21)28(35)33-17-9-13-23(20-33)26-16-8-14-24(31-26)19-22-12-6-7-15-25(22)30/h3-8,10-12,14-16,23H,9,13,17-20H2,1-2H3,(H,32,34). The lowest BCUT2D eigenvalue weighted by atomic mass is 9.92. The van der Waals surface area contributed by atoms with E-state index in [9.17, 15) is 14.0 Å². The first-order valence-electron chi connectivity index (χ1n) is 12.2. The Morgan fingerprint density at radius 1 is 1.03 bits per heavy atom. The first kappa shape index (κ1) is 24.6. The normalized spacial score (nSPS) is 16.1. The van der Waals surface area contributed by atoms with Gasteiger partial charge in [0.25, 0.3) is 0 Å². The van der Waals surface area contributed by atoms with Gasteiger partial charge in [-0.05, 0) is 56.0 Å². The summed E-state index contributed by atoms with van der Waals surface area (Å²) in [6, 6.07) is 22.1. The second-order valence-electron chi connectivity index (χ2n) is 9.75. The molecule has 1 fully saturated rings. The highest BCUT2D eigenvalue weighted by Crippen LogP contribution is 2.27. The van der Waals surface area contributed by atoms with Gasteiger partial charge in [-0.2, -0.15) is 0 Å². The Hall–Kier alpha value is -3.54. The number of nitrogens with zero attached hydrogens (tertiary/aromatic N) is 2. The summed E-state index contributed by atoms with van der Waals surface area (Å²) in [5.41, 5.74) is 2.25. The molecule has 0 aliphatic carbocycles. The highest BCUT2D eigenvalue weighted by molar-refractivity contribution is 5.91. The van der Waals surface area contributed by atoms with Gasteiger partial charge in [-0.3, -0.25) is 14.6 Å². The third-order valence-electron chi connectivity index (χ3n) is 6.48. The molecule has 1 unspecified atom stereocenters. The van der Waals surface area contributed by atoms with Crippen LogP contribution in [0.1, 0.15) is 55.1 Å². The molecule has 0 saturated carbocycles. The minimum atomic E-state index is -1.01. The maximum atomic E-state index is 14.1. The van der Waals surface area contributed by atoms with Crippen LogP contribution in [-0.2, 0) is 22.4 Å². The van der Waals surface area contributed by atoms with Crippen molar-refractivity contribution in [3.63, 3.8) is 0 Å². The molecule has 1 N–H and O–H groups in total. The molecule has 0 bridgehead atoms. The van der Waals surface area contributed by atoms with Crippen LogP contribution in [-0.4, -0.2) is 40.3 Å². The minimum absolute atomic E-state index is 0.0916. The molecule has 2 amide bonds. The number of amides is 2. The first-order chi connectivity index (χ1) is 16.8. The smallest absolute Gasteiger partial charge is 0.247 e. The van der Waals surface area contributed by atoms with Crippen molar-refractivity contribution in [2.24, 2.45) is 0 Å². The van der Waals surface area contributed by atoms with Gasteiger partial charge in [0.15, 0.2) is 0 Å². The second-order valence-corrected chi connectivity index (χ2v) is 9.75. The fraction of sp³-hybridized carbons (Fsp3) is 0.345. The average Bonchev–Trinajstić information content (AvgIpc) is 2.85. The van der Waals surface area contributed by atoms with Crippen LogP contribution in [0.15, 0.2) is 72.8 Å². The second kappa shape index (κ2) is 10.8. The van der Waals surface area contributed by atoms with Gasteiger partial charge < -0.3 is 10.2 Å². The molecular weight excluding hydrogens is 441 g/mol. The van der Waals surface area contributed by atoms with Crippen LogP contribution in [0.2, 0.25) is 0 Å². The summed E-state index contributed by atoms with van der Waals surface area (Å²) in [5.74, 6) is -0.397. The molecule has 0 spiro atoms. The van der Waals surface area contributed by atoms with Crippen molar-refractivity contribution < 1.29 is 14.0 Å². The van der Waals surface area contributed by atoms with E-state index in [0.717, 1.165) is 29.8 Å². The minimum Gasteiger partial charge on any atom is -0.342 e. The predicted octanol–water partition coefficient (Wildman–Crippen LogP) is 4.66. The summed E-state index contributed by atoms with van der Waals surface area (Å²) >= 11 is 0. The van der Waals surface area contributed by atoms with Gasteiger partial charge in [0.05, 0.1) is 6.42 Å². The third-order valence-corrected chi connectivity index (χ3v) is 6.48. The molecule has 6 heteroatoms. The van der Waals surface area contributed by atoms with E-state index < -0.39 is 5.54 Å². The van der Waals surface area contributed by atoms with E-state index in [1.165, 1.54) is 6.07 Å². The molecular formula is C29H32FN3O2. The highest BCUT2D eigenvalue weighted by Gasteiger charge is 2.36.